The van der Waals surface area contributed by atoms with Gasteiger partial charge in [-0.05, 0) is 31.9 Å². The predicted octanol–water partition coefficient (Wildman–Crippen LogP) is 3.33. The van der Waals surface area contributed by atoms with E-state index in [0.29, 0.717) is 12.3 Å². The van der Waals surface area contributed by atoms with Crippen LogP contribution in [0.5, 0.6) is 0 Å². The van der Waals surface area contributed by atoms with Crippen LogP contribution < -0.4 is 0 Å². The van der Waals surface area contributed by atoms with Crippen molar-refractivity contribution in [3.05, 3.63) is 23.8 Å². The van der Waals surface area contributed by atoms with Crippen LogP contribution in [-0.4, -0.2) is 11.6 Å². The molecule has 0 amide bonds. The Morgan fingerprint density at radius 1 is 1.44 bits per heavy atom. The molecule has 0 saturated heterocycles. The van der Waals surface area contributed by atoms with Crippen LogP contribution in [0.3, 0.4) is 0 Å². The Labute approximate surface area is 98.4 Å². The zero-order chi connectivity index (χ0) is 12.7. The summed E-state index contributed by atoms with van der Waals surface area (Å²) in [5, 5.41) is 0. The molecule has 0 radical (unpaired) electrons. The first-order valence-electron chi connectivity index (χ1n) is 5.90. The lowest BCUT2D eigenvalue weighted by atomic mass is 9.79. The van der Waals surface area contributed by atoms with Crippen molar-refractivity contribution in [1.82, 2.24) is 0 Å². The van der Waals surface area contributed by atoms with E-state index in [0.717, 1.165) is 5.57 Å². The van der Waals surface area contributed by atoms with Crippen molar-refractivity contribution in [2.24, 2.45) is 11.8 Å². The SMILES string of the molecule is CC.CC(=O)/C=C/C1C(C)=CC(=O)CC1C. The third-order valence-corrected chi connectivity index (χ3v) is 2.59. The molecular formula is C14H22O2. The van der Waals surface area contributed by atoms with E-state index >= 15 is 0 Å². The van der Waals surface area contributed by atoms with Crippen molar-refractivity contribution in [3.63, 3.8) is 0 Å². The van der Waals surface area contributed by atoms with Gasteiger partial charge in [0.05, 0.1) is 0 Å². The molecule has 1 aliphatic carbocycles. The first-order chi connectivity index (χ1) is 7.50. The zero-order valence-electron chi connectivity index (χ0n) is 10.9. The van der Waals surface area contributed by atoms with Gasteiger partial charge in [0.1, 0.15) is 0 Å². The molecule has 0 fully saturated rings. The lowest BCUT2D eigenvalue weighted by Gasteiger charge is -2.24. The van der Waals surface area contributed by atoms with Gasteiger partial charge in [0.25, 0.3) is 0 Å². The van der Waals surface area contributed by atoms with Crippen LogP contribution in [0.1, 0.15) is 41.0 Å². The Morgan fingerprint density at radius 3 is 2.44 bits per heavy atom. The summed E-state index contributed by atoms with van der Waals surface area (Å²) in [4.78, 5) is 22.0. The minimum atomic E-state index is 0.0573. The van der Waals surface area contributed by atoms with Crippen molar-refractivity contribution in [2.45, 2.75) is 41.0 Å². The minimum Gasteiger partial charge on any atom is -0.295 e. The molecule has 2 nitrogen and oxygen atoms in total. The van der Waals surface area contributed by atoms with E-state index in [2.05, 4.69) is 0 Å². The lowest BCUT2D eigenvalue weighted by Crippen LogP contribution is -2.20. The Bertz CT molecular complexity index is 311. The molecule has 0 N–H and O–H groups in total. The molecule has 0 aromatic heterocycles. The predicted molar refractivity (Wildman–Crippen MR) is 67.2 cm³/mol. The molecule has 2 atom stereocenters. The fourth-order valence-corrected chi connectivity index (χ4v) is 1.88. The summed E-state index contributed by atoms with van der Waals surface area (Å²) in [7, 11) is 0. The maximum atomic E-state index is 11.2. The number of carbonyl (C=O) groups excluding carboxylic acids is 2. The zero-order valence-corrected chi connectivity index (χ0v) is 10.9. The number of carbonyl (C=O) groups is 2. The Balaban J connectivity index is 0.00000106. The molecule has 90 valence electrons. The molecule has 0 aliphatic heterocycles. The lowest BCUT2D eigenvalue weighted by molar-refractivity contribution is -0.116. The van der Waals surface area contributed by atoms with Gasteiger partial charge in [0, 0.05) is 12.3 Å². The van der Waals surface area contributed by atoms with E-state index in [1.807, 2.05) is 33.8 Å². The molecular weight excluding hydrogens is 200 g/mol. The molecule has 0 spiro atoms. The van der Waals surface area contributed by atoms with Crippen molar-refractivity contribution in [3.8, 4) is 0 Å². The first kappa shape index (κ1) is 14.8. The number of rotatable bonds is 2. The van der Waals surface area contributed by atoms with Crippen LogP contribution in [0.2, 0.25) is 0 Å². The molecule has 0 heterocycles. The summed E-state index contributed by atoms with van der Waals surface area (Å²) in [5.41, 5.74) is 1.06. The van der Waals surface area contributed by atoms with Crippen molar-refractivity contribution in [1.29, 1.82) is 0 Å². The van der Waals surface area contributed by atoms with Crippen molar-refractivity contribution < 1.29 is 9.59 Å². The van der Waals surface area contributed by atoms with E-state index in [-0.39, 0.29) is 17.5 Å². The maximum Gasteiger partial charge on any atom is 0.155 e. The number of hydrogen-bond donors (Lipinski definition) is 0. The van der Waals surface area contributed by atoms with Crippen LogP contribution in [0.25, 0.3) is 0 Å². The van der Waals surface area contributed by atoms with Crippen LogP contribution >= 0.6 is 0 Å². The largest absolute Gasteiger partial charge is 0.295 e. The molecule has 0 aromatic rings. The van der Waals surface area contributed by atoms with Crippen LogP contribution in [0.15, 0.2) is 23.8 Å². The molecule has 1 aliphatic rings. The van der Waals surface area contributed by atoms with Crippen molar-refractivity contribution in [2.75, 3.05) is 0 Å². The molecule has 16 heavy (non-hydrogen) atoms. The van der Waals surface area contributed by atoms with Gasteiger partial charge in [-0.25, -0.2) is 0 Å². The fourth-order valence-electron chi connectivity index (χ4n) is 1.88. The highest BCUT2D eigenvalue weighted by Gasteiger charge is 2.23. The molecule has 0 bridgehead atoms. The minimum absolute atomic E-state index is 0.0573. The van der Waals surface area contributed by atoms with Gasteiger partial charge in [0.15, 0.2) is 11.6 Å². The first-order valence-corrected chi connectivity index (χ1v) is 5.90. The summed E-state index contributed by atoms with van der Waals surface area (Å²) >= 11 is 0. The second-order valence-electron chi connectivity index (χ2n) is 4.03. The van der Waals surface area contributed by atoms with Gasteiger partial charge in [0.2, 0.25) is 0 Å². The average molecular weight is 222 g/mol. The van der Waals surface area contributed by atoms with E-state index < -0.39 is 0 Å². The van der Waals surface area contributed by atoms with Gasteiger partial charge in [-0.15, -0.1) is 0 Å². The fraction of sp³-hybridized carbons (Fsp3) is 0.571. The Kier molecular flexibility index (Phi) is 6.63. The van der Waals surface area contributed by atoms with Crippen molar-refractivity contribution >= 4 is 11.6 Å². The van der Waals surface area contributed by atoms with E-state index in [4.69, 9.17) is 0 Å². The standard InChI is InChI=1S/C12H16O2.C2H6/c1-8-6-11(14)7-9(2)12(8)5-4-10(3)13;1-2/h4-6,9,12H,7H2,1-3H3;1-2H3/b5-4+;. The molecule has 1 rings (SSSR count). The third-order valence-electron chi connectivity index (χ3n) is 2.59. The van der Waals surface area contributed by atoms with Gasteiger partial charge in [-0.2, -0.15) is 0 Å². The van der Waals surface area contributed by atoms with Gasteiger partial charge >= 0.3 is 0 Å². The molecule has 0 aromatic carbocycles. The van der Waals surface area contributed by atoms with Crippen LogP contribution in [-0.2, 0) is 9.59 Å². The second kappa shape index (κ2) is 7.15. The normalized spacial score (nSPS) is 24.8. The number of hydrogen-bond acceptors (Lipinski definition) is 2. The summed E-state index contributed by atoms with van der Waals surface area (Å²) in [5.74, 6) is 0.809. The quantitative estimate of drug-likeness (QED) is 0.672. The summed E-state index contributed by atoms with van der Waals surface area (Å²) in [6.45, 7) is 9.53. The molecule has 0 saturated carbocycles. The Morgan fingerprint density at radius 2 is 2.00 bits per heavy atom. The molecule has 2 heteroatoms. The van der Waals surface area contributed by atoms with E-state index in [9.17, 15) is 9.59 Å². The summed E-state index contributed by atoms with van der Waals surface area (Å²) < 4.78 is 0. The highest BCUT2D eigenvalue weighted by molar-refractivity contribution is 5.92. The smallest absolute Gasteiger partial charge is 0.155 e. The maximum absolute atomic E-state index is 11.2. The highest BCUT2D eigenvalue weighted by atomic mass is 16.1. The monoisotopic (exact) mass is 222 g/mol. The van der Waals surface area contributed by atoms with Crippen LogP contribution in [0, 0.1) is 11.8 Å². The second-order valence-corrected chi connectivity index (χ2v) is 4.03. The highest BCUT2D eigenvalue weighted by Crippen LogP contribution is 2.29. The molecule has 2 unspecified atom stereocenters. The number of allylic oxidation sites excluding steroid dienone is 4. The van der Waals surface area contributed by atoms with Gasteiger partial charge in [-0.1, -0.05) is 32.4 Å². The van der Waals surface area contributed by atoms with E-state index in [1.165, 1.54) is 6.92 Å². The van der Waals surface area contributed by atoms with Crippen LogP contribution in [0.4, 0.5) is 0 Å². The number of ketones is 2. The Hall–Kier alpha value is -1.18. The van der Waals surface area contributed by atoms with Gasteiger partial charge in [-0.3, -0.25) is 9.59 Å². The van der Waals surface area contributed by atoms with E-state index in [1.54, 1.807) is 12.2 Å². The average Bonchev–Trinajstić information content (AvgIpc) is 2.18. The third kappa shape index (κ3) is 4.56. The van der Waals surface area contributed by atoms with Gasteiger partial charge < -0.3 is 0 Å². The summed E-state index contributed by atoms with van der Waals surface area (Å²) in [6.07, 6.45) is 5.78. The summed E-state index contributed by atoms with van der Waals surface area (Å²) in [6, 6.07) is 0. The topological polar surface area (TPSA) is 34.1 Å².